The Bertz CT molecular complexity index is 850. The van der Waals surface area contributed by atoms with Gasteiger partial charge in [0.25, 0.3) is 11.5 Å². The van der Waals surface area contributed by atoms with Crippen LogP contribution in [0, 0.1) is 5.92 Å². The van der Waals surface area contributed by atoms with Crippen molar-refractivity contribution in [1.29, 1.82) is 0 Å². The van der Waals surface area contributed by atoms with Crippen LogP contribution in [-0.2, 0) is 6.54 Å². The van der Waals surface area contributed by atoms with E-state index >= 15 is 0 Å². The summed E-state index contributed by atoms with van der Waals surface area (Å²) in [6, 6.07) is 7.61. The Morgan fingerprint density at radius 1 is 1.15 bits per heavy atom. The van der Waals surface area contributed by atoms with E-state index in [1.54, 1.807) is 6.07 Å². The van der Waals surface area contributed by atoms with Crippen LogP contribution in [0.3, 0.4) is 0 Å². The van der Waals surface area contributed by atoms with Crippen molar-refractivity contribution >= 4 is 16.7 Å². The molecule has 1 fully saturated rings. The number of aromatic nitrogens is 2. The molecule has 0 unspecified atom stereocenters. The van der Waals surface area contributed by atoms with E-state index < -0.39 is 0 Å². The van der Waals surface area contributed by atoms with E-state index in [-0.39, 0.29) is 17.5 Å². The van der Waals surface area contributed by atoms with E-state index in [1.165, 1.54) is 4.68 Å². The Morgan fingerprint density at radius 2 is 1.81 bits per heavy atom. The molecule has 1 aliphatic carbocycles. The van der Waals surface area contributed by atoms with Gasteiger partial charge >= 0.3 is 0 Å². The van der Waals surface area contributed by atoms with Crippen molar-refractivity contribution in [3.63, 3.8) is 0 Å². The third-order valence-corrected chi connectivity index (χ3v) is 5.90. The predicted molar refractivity (Wildman–Crippen MR) is 109 cm³/mol. The van der Waals surface area contributed by atoms with Crippen LogP contribution in [0.1, 0.15) is 69.3 Å². The summed E-state index contributed by atoms with van der Waals surface area (Å²) in [7, 11) is 1.88. The number of carbonyl (C=O) groups is 1. The van der Waals surface area contributed by atoms with Crippen molar-refractivity contribution in [2.45, 2.75) is 71.4 Å². The van der Waals surface area contributed by atoms with Gasteiger partial charge in [-0.25, -0.2) is 4.68 Å². The number of carbonyl (C=O) groups excluding carboxylic acids is 1. The van der Waals surface area contributed by atoms with Crippen LogP contribution in [0.4, 0.5) is 0 Å². The number of rotatable bonds is 6. The van der Waals surface area contributed by atoms with Crippen molar-refractivity contribution in [3.8, 4) is 0 Å². The first-order chi connectivity index (χ1) is 13.0. The average molecular weight is 370 g/mol. The topological polar surface area (TPSA) is 55.2 Å². The summed E-state index contributed by atoms with van der Waals surface area (Å²) in [6.07, 6.45) is 7.42. The molecule has 3 rings (SSSR count). The molecule has 27 heavy (non-hydrogen) atoms. The Morgan fingerprint density at radius 3 is 2.48 bits per heavy atom. The highest BCUT2D eigenvalue weighted by molar-refractivity contribution is 6.04. The zero-order valence-corrected chi connectivity index (χ0v) is 16.8. The molecular weight excluding hydrogens is 338 g/mol. The first-order valence-electron chi connectivity index (χ1n) is 10.3. The van der Waals surface area contributed by atoms with Crippen LogP contribution in [0.25, 0.3) is 10.8 Å². The number of unbranched alkanes of at least 4 members (excludes halogenated alkanes) is 2. The van der Waals surface area contributed by atoms with Crippen LogP contribution in [0.2, 0.25) is 0 Å². The first kappa shape index (κ1) is 19.6. The van der Waals surface area contributed by atoms with Gasteiger partial charge in [0.05, 0.1) is 5.39 Å². The lowest BCUT2D eigenvalue weighted by molar-refractivity contribution is 0.0673. The average Bonchev–Trinajstić information content (AvgIpc) is 2.69. The third kappa shape index (κ3) is 4.23. The Hall–Kier alpha value is -2.17. The second-order valence-electron chi connectivity index (χ2n) is 7.96. The smallest absolute Gasteiger partial charge is 0.274 e. The highest BCUT2D eigenvalue weighted by atomic mass is 16.2. The minimum atomic E-state index is -0.104. The van der Waals surface area contributed by atoms with Gasteiger partial charge in [-0.3, -0.25) is 9.59 Å². The molecule has 1 aliphatic rings. The van der Waals surface area contributed by atoms with Crippen molar-refractivity contribution in [2.24, 2.45) is 5.92 Å². The molecule has 0 bridgehead atoms. The maximum Gasteiger partial charge on any atom is 0.274 e. The number of hydrogen-bond donors (Lipinski definition) is 0. The lowest BCUT2D eigenvalue weighted by Crippen LogP contribution is -2.40. The molecule has 0 spiro atoms. The summed E-state index contributed by atoms with van der Waals surface area (Å²) in [5.74, 6) is 0.666. The molecule has 0 saturated heterocycles. The number of amides is 1. The van der Waals surface area contributed by atoms with Crippen LogP contribution >= 0.6 is 0 Å². The van der Waals surface area contributed by atoms with Gasteiger partial charge in [0.1, 0.15) is 0 Å². The van der Waals surface area contributed by atoms with Gasteiger partial charge in [0.2, 0.25) is 0 Å². The molecule has 1 amide bonds. The Kier molecular flexibility index (Phi) is 6.30. The van der Waals surface area contributed by atoms with Crippen LogP contribution in [0.15, 0.2) is 29.1 Å². The second-order valence-corrected chi connectivity index (χ2v) is 7.96. The first-order valence-corrected chi connectivity index (χ1v) is 10.3. The molecule has 146 valence electrons. The van der Waals surface area contributed by atoms with E-state index in [0.29, 0.717) is 23.0 Å². The molecule has 0 aliphatic heterocycles. The Labute approximate surface area is 161 Å². The van der Waals surface area contributed by atoms with Crippen LogP contribution < -0.4 is 5.56 Å². The van der Waals surface area contributed by atoms with Crippen molar-refractivity contribution < 1.29 is 4.79 Å². The van der Waals surface area contributed by atoms with E-state index in [0.717, 1.165) is 50.9 Å². The lowest BCUT2D eigenvalue weighted by atomic mass is 9.86. The molecule has 5 heteroatoms. The number of benzene rings is 1. The summed E-state index contributed by atoms with van der Waals surface area (Å²) in [5.41, 5.74) is 0.301. The minimum Gasteiger partial charge on any atom is -0.337 e. The molecule has 1 saturated carbocycles. The molecule has 1 aromatic heterocycles. The van der Waals surface area contributed by atoms with Gasteiger partial charge in [-0.05, 0) is 44.1 Å². The summed E-state index contributed by atoms with van der Waals surface area (Å²) in [4.78, 5) is 27.9. The lowest BCUT2D eigenvalue weighted by Gasteiger charge is -2.33. The normalized spacial score (nSPS) is 20.0. The quantitative estimate of drug-likeness (QED) is 0.716. The maximum absolute atomic E-state index is 13.3. The van der Waals surface area contributed by atoms with Gasteiger partial charge in [0, 0.05) is 25.0 Å². The van der Waals surface area contributed by atoms with Crippen molar-refractivity contribution in [3.05, 3.63) is 40.3 Å². The van der Waals surface area contributed by atoms with Gasteiger partial charge in [0.15, 0.2) is 5.69 Å². The fourth-order valence-electron chi connectivity index (χ4n) is 4.02. The van der Waals surface area contributed by atoms with Gasteiger partial charge in [-0.2, -0.15) is 5.10 Å². The summed E-state index contributed by atoms with van der Waals surface area (Å²) >= 11 is 0. The molecule has 2 aromatic rings. The number of nitrogens with zero attached hydrogens (tertiary/aromatic N) is 3. The van der Waals surface area contributed by atoms with E-state index in [2.05, 4.69) is 18.9 Å². The van der Waals surface area contributed by atoms with Crippen LogP contribution in [-0.4, -0.2) is 33.7 Å². The van der Waals surface area contributed by atoms with E-state index in [1.807, 2.05) is 30.1 Å². The summed E-state index contributed by atoms with van der Waals surface area (Å²) in [5, 5.41) is 5.76. The van der Waals surface area contributed by atoms with E-state index in [4.69, 9.17) is 0 Å². The second kappa shape index (κ2) is 8.68. The number of hydrogen-bond acceptors (Lipinski definition) is 3. The van der Waals surface area contributed by atoms with Gasteiger partial charge in [-0.1, -0.05) is 44.9 Å². The number of fused-ring (bicyclic) bond motifs is 1. The molecule has 5 nitrogen and oxygen atoms in total. The molecule has 0 atom stereocenters. The molecule has 0 radical (unpaired) electrons. The van der Waals surface area contributed by atoms with Gasteiger partial charge in [-0.15, -0.1) is 0 Å². The summed E-state index contributed by atoms with van der Waals surface area (Å²) < 4.78 is 1.49. The highest BCUT2D eigenvalue weighted by Crippen LogP contribution is 2.27. The van der Waals surface area contributed by atoms with Crippen LogP contribution in [0.5, 0.6) is 0 Å². The zero-order valence-electron chi connectivity index (χ0n) is 16.8. The maximum atomic E-state index is 13.3. The third-order valence-electron chi connectivity index (χ3n) is 5.90. The fourth-order valence-corrected chi connectivity index (χ4v) is 4.02. The molecule has 1 aromatic carbocycles. The molecular formula is C22H31N3O2. The highest BCUT2D eigenvalue weighted by Gasteiger charge is 2.28. The Balaban J connectivity index is 1.95. The predicted octanol–water partition coefficient (Wildman–Crippen LogP) is 4.24. The SMILES string of the molecule is CCCCCn1nc(C(=O)N(C)C2CCC(C)CC2)c2ccccc2c1=O. The van der Waals surface area contributed by atoms with Crippen molar-refractivity contribution in [1.82, 2.24) is 14.7 Å². The standard InChI is InChI=1S/C22H31N3O2/c1-4-5-8-15-25-21(26)19-10-7-6-9-18(19)20(23-25)22(27)24(3)17-13-11-16(2)12-14-17/h6-7,9-10,16-17H,4-5,8,11-15H2,1-3H3. The monoisotopic (exact) mass is 369 g/mol. The fraction of sp³-hybridized carbons (Fsp3) is 0.591. The summed E-state index contributed by atoms with van der Waals surface area (Å²) in [6.45, 7) is 4.97. The minimum absolute atomic E-state index is 0.0741. The largest absolute Gasteiger partial charge is 0.337 e. The van der Waals surface area contributed by atoms with Crippen molar-refractivity contribution in [2.75, 3.05) is 7.05 Å². The number of aryl methyl sites for hydroxylation is 1. The van der Waals surface area contributed by atoms with E-state index in [9.17, 15) is 9.59 Å². The zero-order chi connectivity index (χ0) is 19.4. The molecule has 1 heterocycles. The van der Waals surface area contributed by atoms with Gasteiger partial charge < -0.3 is 4.90 Å². The molecule has 0 N–H and O–H groups in total.